The zero-order chi connectivity index (χ0) is 12.5. The van der Waals surface area contributed by atoms with Crippen molar-refractivity contribution in [3.8, 4) is 5.75 Å². The van der Waals surface area contributed by atoms with Gasteiger partial charge in [0.2, 0.25) is 8.32 Å². The zero-order valence-corrected chi connectivity index (χ0v) is 11.4. The minimum atomic E-state index is -1.60. The van der Waals surface area contributed by atoms with Crippen LogP contribution in [-0.2, 0) is 0 Å². The maximum Gasteiger partial charge on any atom is 0.242 e. The van der Waals surface area contributed by atoms with E-state index in [1.807, 2.05) is 36.4 Å². The molecular formula is C14H16O2Si. The van der Waals surface area contributed by atoms with Gasteiger partial charge in [-0.1, -0.05) is 24.3 Å². The molecule has 0 aliphatic heterocycles. The second-order valence-corrected chi connectivity index (χ2v) is 9.49. The second kappa shape index (κ2) is 4.34. The SMILES string of the molecule is C[Si](C)(C)Oc1ccc2cccc(C=O)c2c1. The van der Waals surface area contributed by atoms with Gasteiger partial charge < -0.3 is 4.43 Å². The Kier molecular flexibility index (Phi) is 3.02. The van der Waals surface area contributed by atoms with E-state index in [0.717, 1.165) is 22.8 Å². The summed E-state index contributed by atoms with van der Waals surface area (Å²) in [5, 5.41) is 2.02. The van der Waals surface area contributed by atoms with Crippen LogP contribution < -0.4 is 4.43 Å². The van der Waals surface area contributed by atoms with Crippen LogP contribution in [0.3, 0.4) is 0 Å². The number of carbonyl (C=O) groups excluding carboxylic acids is 1. The monoisotopic (exact) mass is 244 g/mol. The lowest BCUT2D eigenvalue weighted by Gasteiger charge is -2.19. The van der Waals surface area contributed by atoms with Gasteiger partial charge >= 0.3 is 0 Å². The summed E-state index contributed by atoms with van der Waals surface area (Å²) in [4.78, 5) is 11.0. The highest BCUT2D eigenvalue weighted by atomic mass is 28.4. The number of rotatable bonds is 3. The number of fused-ring (bicyclic) bond motifs is 1. The highest BCUT2D eigenvalue weighted by Crippen LogP contribution is 2.25. The molecule has 2 aromatic rings. The third kappa shape index (κ3) is 2.74. The first-order chi connectivity index (χ1) is 7.99. The van der Waals surface area contributed by atoms with Gasteiger partial charge in [0.1, 0.15) is 5.75 Å². The van der Waals surface area contributed by atoms with E-state index >= 15 is 0 Å². The van der Waals surface area contributed by atoms with E-state index < -0.39 is 8.32 Å². The Morgan fingerprint density at radius 1 is 1.12 bits per heavy atom. The first kappa shape index (κ1) is 11.9. The van der Waals surface area contributed by atoms with Crippen molar-refractivity contribution in [2.45, 2.75) is 19.6 Å². The number of aldehydes is 1. The van der Waals surface area contributed by atoms with E-state index in [0.29, 0.717) is 5.56 Å². The first-order valence-electron chi connectivity index (χ1n) is 5.66. The average Bonchev–Trinajstić information content (AvgIpc) is 2.26. The van der Waals surface area contributed by atoms with E-state index in [1.165, 1.54) is 0 Å². The second-order valence-electron chi connectivity index (χ2n) is 5.06. The number of hydrogen-bond donors (Lipinski definition) is 0. The molecule has 2 rings (SSSR count). The molecule has 0 fully saturated rings. The average molecular weight is 244 g/mol. The van der Waals surface area contributed by atoms with Gasteiger partial charge in [-0.05, 0) is 42.5 Å². The van der Waals surface area contributed by atoms with Crippen LogP contribution in [0.15, 0.2) is 36.4 Å². The Morgan fingerprint density at radius 2 is 1.88 bits per heavy atom. The van der Waals surface area contributed by atoms with Gasteiger partial charge in [-0.15, -0.1) is 0 Å². The number of hydrogen-bond acceptors (Lipinski definition) is 2. The molecule has 0 radical (unpaired) electrons. The molecule has 17 heavy (non-hydrogen) atoms. The summed E-state index contributed by atoms with van der Waals surface area (Å²) >= 11 is 0. The van der Waals surface area contributed by atoms with Crippen molar-refractivity contribution in [2.24, 2.45) is 0 Å². The largest absolute Gasteiger partial charge is 0.544 e. The van der Waals surface area contributed by atoms with Crippen LogP contribution in [0.4, 0.5) is 0 Å². The molecule has 88 valence electrons. The van der Waals surface area contributed by atoms with E-state index in [-0.39, 0.29) is 0 Å². The predicted octanol–water partition coefficient (Wildman–Crippen LogP) is 3.87. The van der Waals surface area contributed by atoms with Crippen LogP contribution >= 0.6 is 0 Å². The third-order valence-corrected chi connectivity index (χ3v) is 3.29. The zero-order valence-electron chi connectivity index (χ0n) is 10.4. The van der Waals surface area contributed by atoms with Gasteiger partial charge in [-0.25, -0.2) is 0 Å². The highest BCUT2D eigenvalue weighted by molar-refractivity contribution is 6.70. The van der Waals surface area contributed by atoms with Gasteiger partial charge in [0.15, 0.2) is 6.29 Å². The summed E-state index contributed by atoms with van der Waals surface area (Å²) in [7, 11) is -1.60. The molecule has 0 aliphatic carbocycles. The Hall–Kier alpha value is -1.61. The molecule has 3 heteroatoms. The normalized spacial score (nSPS) is 11.5. The van der Waals surface area contributed by atoms with E-state index in [9.17, 15) is 4.79 Å². The fourth-order valence-electron chi connectivity index (χ4n) is 1.80. The standard InChI is InChI=1S/C14H16O2Si/c1-17(2,3)16-13-8-7-11-5-4-6-12(10-15)14(11)9-13/h4-10H,1-3H3. The maximum absolute atomic E-state index is 11.0. The van der Waals surface area contributed by atoms with E-state index in [4.69, 9.17) is 4.43 Å². The topological polar surface area (TPSA) is 26.3 Å². The highest BCUT2D eigenvalue weighted by Gasteiger charge is 2.16. The van der Waals surface area contributed by atoms with Gasteiger partial charge in [-0.3, -0.25) is 4.79 Å². The molecule has 0 saturated heterocycles. The third-order valence-electron chi connectivity index (χ3n) is 2.44. The Labute approximate surface area is 102 Å². The summed E-state index contributed by atoms with van der Waals surface area (Å²) < 4.78 is 5.93. The molecule has 2 nitrogen and oxygen atoms in total. The smallest absolute Gasteiger partial charge is 0.242 e. The van der Waals surface area contributed by atoms with Crippen molar-refractivity contribution in [1.29, 1.82) is 0 Å². The number of benzene rings is 2. The summed E-state index contributed by atoms with van der Waals surface area (Å²) in [6, 6.07) is 11.6. The fourth-order valence-corrected chi connectivity index (χ4v) is 2.63. The van der Waals surface area contributed by atoms with Crippen LogP contribution in [0.2, 0.25) is 19.6 Å². The first-order valence-corrected chi connectivity index (χ1v) is 9.07. The molecule has 0 heterocycles. The Bertz CT molecular complexity index is 556. The predicted molar refractivity (Wildman–Crippen MR) is 73.3 cm³/mol. The van der Waals surface area contributed by atoms with Crippen molar-refractivity contribution in [1.82, 2.24) is 0 Å². The van der Waals surface area contributed by atoms with Crippen molar-refractivity contribution in [3.63, 3.8) is 0 Å². The summed E-state index contributed by atoms with van der Waals surface area (Å²) in [5.74, 6) is 0.853. The molecule has 0 aromatic heterocycles. The van der Waals surface area contributed by atoms with Crippen LogP contribution in [0, 0.1) is 0 Å². The maximum atomic E-state index is 11.0. The fraction of sp³-hybridized carbons (Fsp3) is 0.214. The molecule has 2 aromatic carbocycles. The molecule has 0 atom stereocenters. The molecule has 0 aliphatic rings. The van der Waals surface area contributed by atoms with Gasteiger partial charge in [0, 0.05) is 5.56 Å². The molecule has 0 spiro atoms. The van der Waals surface area contributed by atoms with Crippen LogP contribution in [-0.4, -0.2) is 14.6 Å². The summed E-state index contributed by atoms with van der Waals surface area (Å²) in [5.41, 5.74) is 0.712. The van der Waals surface area contributed by atoms with Crippen LogP contribution in [0.5, 0.6) is 5.75 Å². The minimum absolute atomic E-state index is 0.712. The minimum Gasteiger partial charge on any atom is -0.544 e. The lowest BCUT2D eigenvalue weighted by molar-refractivity contribution is 0.112. The quantitative estimate of drug-likeness (QED) is 0.605. The number of carbonyl (C=O) groups is 1. The van der Waals surface area contributed by atoms with E-state index in [1.54, 1.807) is 0 Å². The van der Waals surface area contributed by atoms with Crippen molar-refractivity contribution >= 4 is 25.4 Å². The van der Waals surface area contributed by atoms with Crippen molar-refractivity contribution in [2.75, 3.05) is 0 Å². The lowest BCUT2D eigenvalue weighted by Crippen LogP contribution is -2.29. The van der Waals surface area contributed by atoms with Gasteiger partial charge in [0.25, 0.3) is 0 Å². The van der Waals surface area contributed by atoms with Crippen molar-refractivity contribution < 1.29 is 9.22 Å². The lowest BCUT2D eigenvalue weighted by atomic mass is 10.1. The molecule has 0 saturated carbocycles. The molecular weight excluding hydrogens is 228 g/mol. The Balaban J connectivity index is 2.52. The Morgan fingerprint density at radius 3 is 2.53 bits per heavy atom. The van der Waals surface area contributed by atoms with Gasteiger partial charge in [-0.2, -0.15) is 0 Å². The van der Waals surface area contributed by atoms with Crippen LogP contribution in [0.25, 0.3) is 10.8 Å². The summed E-state index contributed by atoms with van der Waals surface area (Å²) in [6.45, 7) is 6.43. The summed E-state index contributed by atoms with van der Waals surface area (Å²) in [6.07, 6.45) is 0.890. The van der Waals surface area contributed by atoms with Crippen molar-refractivity contribution in [3.05, 3.63) is 42.0 Å². The molecule has 0 bridgehead atoms. The van der Waals surface area contributed by atoms with Gasteiger partial charge in [0.05, 0.1) is 0 Å². The van der Waals surface area contributed by atoms with Crippen LogP contribution in [0.1, 0.15) is 10.4 Å². The molecule has 0 amide bonds. The van der Waals surface area contributed by atoms with E-state index in [2.05, 4.69) is 19.6 Å². The molecule has 0 N–H and O–H groups in total. The molecule has 0 unspecified atom stereocenters.